The van der Waals surface area contributed by atoms with Gasteiger partial charge in [-0.25, -0.2) is 26.5 Å². The van der Waals surface area contributed by atoms with Crippen LogP contribution in [0.4, 0.5) is 24.5 Å². The molecule has 5 aliphatic rings. The molecule has 6 atom stereocenters. The lowest BCUT2D eigenvalue weighted by atomic mass is 9.71. The SMILES string of the molecule is Cc1ncsc1-c1ccc([C@H](C)NC(=O)[C@@H]2C[C@@H](O)CN2C(=O)[C@@H](NC(=O)CCCCCCCCC(=O)N2CCN(CC3(C)CCC(c4ccc(Cl)cc4)=C(CN4CCN(c5ccc(C(=O)NS(=O)(=O)c6ccc(N[C@H](CCN7CCOCC7)CSc7ccccc7)c(S(=O)(=O)C(F)(F)F)c6)cc5)CC4)C3)CC2)C(C)(C)C)cc1. The highest BCUT2D eigenvalue weighted by Gasteiger charge is 2.49. The number of alkyl halides is 3. The fourth-order valence-electron chi connectivity index (χ4n) is 15.9. The number of sulfone groups is 1. The Bertz CT molecular complexity index is 4540. The molecular weight excluding hydrogens is 1560 g/mol. The van der Waals surface area contributed by atoms with E-state index in [1.54, 1.807) is 23.5 Å². The molecule has 1 aliphatic carbocycles. The number of anilines is 2. The number of allylic oxidation sites excluding steroid dienone is 1. The number of morpholine rings is 1. The van der Waals surface area contributed by atoms with Gasteiger partial charge in [0.25, 0.3) is 25.8 Å². The second kappa shape index (κ2) is 39.2. The van der Waals surface area contributed by atoms with Crippen LogP contribution in [-0.2, 0) is 43.8 Å². The number of β-amino-alcohol motifs (C(OH)–C–C–N with tert-alkyl or cyclic N) is 1. The number of carbonyl (C=O) groups is 5. The second-order valence-electron chi connectivity index (χ2n) is 32.3. The van der Waals surface area contributed by atoms with Crippen LogP contribution in [0.5, 0.6) is 0 Å². The van der Waals surface area contributed by atoms with E-state index in [-0.39, 0.29) is 54.1 Å². The van der Waals surface area contributed by atoms with Crippen molar-refractivity contribution >= 4 is 101 Å². The van der Waals surface area contributed by atoms with E-state index in [2.05, 4.69) is 59.6 Å². The summed E-state index contributed by atoms with van der Waals surface area (Å²) in [4.78, 5) is 85.7. The number of nitrogens with one attached hydrogen (secondary N) is 4. The van der Waals surface area contributed by atoms with Crippen molar-refractivity contribution < 1.29 is 63.8 Å². The van der Waals surface area contributed by atoms with Gasteiger partial charge in [0.05, 0.1) is 52.0 Å². The third-order valence-electron chi connectivity index (χ3n) is 22.5. The maximum atomic E-state index is 14.4. The smallest absolute Gasteiger partial charge is 0.391 e. The van der Waals surface area contributed by atoms with Gasteiger partial charge < -0.3 is 40.5 Å². The van der Waals surface area contributed by atoms with Crippen LogP contribution in [0.15, 0.2) is 147 Å². The number of hydrogen-bond donors (Lipinski definition) is 5. The lowest BCUT2D eigenvalue weighted by molar-refractivity contribution is -0.144. The lowest BCUT2D eigenvalue weighted by Crippen LogP contribution is -2.57. The van der Waals surface area contributed by atoms with Gasteiger partial charge in [-0.05, 0) is 152 Å². The monoisotopic (exact) mass is 1670 g/mol. The first-order valence-electron chi connectivity index (χ1n) is 39.7. The summed E-state index contributed by atoms with van der Waals surface area (Å²) in [5.41, 5.74) is 2.47. The number of aliphatic hydroxyl groups excluding tert-OH is 1. The number of thioether (sulfide) groups is 1. The molecule has 30 heteroatoms. The molecule has 4 saturated heterocycles. The molecule has 1 unspecified atom stereocenters. The topological polar surface area (TPSA) is 264 Å². The summed E-state index contributed by atoms with van der Waals surface area (Å²) in [6, 6.07) is 31.5. The molecule has 4 fully saturated rings. The Kier molecular flexibility index (Phi) is 30.1. The van der Waals surface area contributed by atoms with Gasteiger partial charge in [0.1, 0.15) is 17.0 Å². The minimum absolute atomic E-state index is 0.00720. The Labute approximate surface area is 682 Å². The van der Waals surface area contributed by atoms with Crippen molar-refractivity contribution in [2.75, 3.05) is 121 Å². The number of ether oxygens (including phenoxy) is 1. The lowest BCUT2D eigenvalue weighted by Gasteiger charge is -2.44. The van der Waals surface area contributed by atoms with Crippen LogP contribution < -0.4 is 25.6 Å². The molecule has 5 heterocycles. The molecule has 5 aromatic carbocycles. The molecule has 11 rings (SSSR count). The summed E-state index contributed by atoms with van der Waals surface area (Å²) < 4.78 is 105. The van der Waals surface area contributed by atoms with Crippen LogP contribution in [0, 0.1) is 17.8 Å². The summed E-state index contributed by atoms with van der Waals surface area (Å²) >= 11 is 9.41. The fraction of sp³-hybridized carbons (Fsp3) is 0.524. The third-order valence-corrected chi connectivity index (χ3v) is 27.7. The molecule has 1 aromatic heterocycles. The number of carbonyl (C=O) groups excluding carboxylic acids is 5. The van der Waals surface area contributed by atoms with Crippen LogP contribution in [0.2, 0.25) is 5.02 Å². The number of benzene rings is 5. The first kappa shape index (κ1) is 87.4. The first-order valence-corrected chi connectivity index (χ1v) is 44.9. The molecular formula is C84H109ClF3N11O11S4. The molecule has 5 N–H and O–H groups in total. The Morgan fingerprint density at radius 3 is 2.06 bits per heavy atom. The first-order chi connectivity index (χ1) is 54.3. The maximum absolute atomic E-state index is 14.4. The number of aliphatic hydroxyl groups is 1. The average molecular weight is 1670 g/mol. The molecule has 22 nitrogen and oxygen atoms in total. The molecule has 0 bridgehead atoms. The van der Waals surface area contributed by atoms with Crippen LogP contribution in [0.25, 0.3) is 16.0 Å². The van der Waals surface area contributed by atoms with E-state index in [9.17, 15) is 59.1 Å². The van der Waals surface area contributed by atoms with E-state index in [0.717, 1.165) is 141 Å². The van der Waals surface area contributed by atoms with Gasteiger partial charge in [-0.2, -0.15) is 13.2 Å². The number of hydrogen-bond acceptors (Lipinski definition) is 19. The number of halogens is 4. The number of rotatable bonds is 33. The van der Waals surface area contributed by atoms with Crippen molar-refractivity contribution in [1.29, 1.82) is 0 Å². The molecule has 0 radical (unpaired) electrons. The molecule has 6 aromatic rings. The number of aryl methyl sites for hydroxylation is 1. The van der Waals surface area contributed by atoms with Gasteiger partial charge in [-0.15, -0.1) is 23.1 Å². The quantitative estimate of drug-likeness (QED) is 0.0189. The number of likely N-dealkylation sites (tertiary alicyclic amines) is 1. The molecule has 114 heavy (non-hydrogen) atoms. The van der Waals surface area contributed by atoms with E-state index in [4.69, 9.17) is 16.3 Å². The number of thiazole rings is 1. The Balaban J connectivity index is 0.603. The van der Waals surface area contributed by atoms with Crippen molar-refractivity contribution in [1.82, 2.24) is 44.8 Å². The zero-order valence-electron chi connectivity index (χ0n) is 66.0. The maximum Gasteiger partial charge on any atom is 0.501 e. The van der Waals surface area contributed by atoms with Crippen LogP contribution in [-0.4, -0.2) is 221 Å². The zero-order chi connectivity index (χ0) is 81.5. The number of piperazine rings is 2. The third kappa shape index (κ3) is 23.5. The van der Waals surface area contributed by atoms with Crippen molar-refractivity contribution in [3.05, 3.63) is 160 Å². The van der Waals surface area contributed by atoms with Gasteiger partial charge in [0, 0.05) is 144 Å². The summed E-state index contributed by atoms with van der Waals surface area (Å²) in [6.45, 7) is 22.2. The average Bonchev–Trinajstić information content (AvgIpc) is 1.42. The highest BCUT2D eigenvalue weighted by atomic mass is 35.5. The van der Waals surface area contributed by atoms with E-state index >= 15 is 0 Å². The van der Waals surface area contributed by atoms with Crippen LogP contribution in [0.1, 0.15) is 151 Å². The number of amides is 5. The highest BCUT2D eigenvalue weighted by Crippen LogP contribution is 2.45. The predicted octanol–water partition coefficient (Wildman–Crippen LogP) is 12.9. The van der Waals surface area contributed by atoms with Crippen molar-refractivity contribution in [2.24, 2.45) is 10.8 Å². The van der Waals surface area contributed by atoms with Gasteiger partial charge >= 0.3 is 5.51 Å². The predicted molar refractivity (Wildman–Crippen MR) is 443 cm³/mol. The number of nitrogens with zero attached hydrogens (tertiary/aromatic N) is 7. The van der Waals surface area contributed by atoms with Crippen LogP contribution in [0.3, 0.4) is 0 Å². The van der Waals surface area contributed by atoms with Gasteiger partial charge in [0.15, 0.2) is 0 Å². The van der Waals surface area contributed by atoms with E-state index in [1.807, 2.05) is 116 Å². The summed E-state index contributed by atoms with van der Waals surface area (Å²) in [6.07, 6.45) is 8.19. The summed E-state index contributed by atoms with van der Waals surface area (Å²) in [7, 11) is -11.0. The van der Waals surface area contributed by atoms with Crippen LogP contribution >= 0.6 is 34.7 Å². The minimum Gasteiger partial charge on any atom is -0.391 e. The Morgan fingerprint density at radius 2 is 1.41 bits per heavy atom. The Hall–Kier alpha value is -7.45. The van der Waals surface area contributed by atoms with Crippen molar-refractivity contribution in [3.8, 4) is 10.4 Å². The Morgan fingerprint density at radius 1 is 0.763 bits per heavy atom. The zero-order valence-corrected chi connectivity index (χ0v) is 70.1. The van der Waals surface area contributed by atoms with Gasteiger partial charge in [-0.1, -0.05) is 125 Å². The van der Waals surface area contributed by atoms with Gasteiger partial charge in [0.2, 0.25) is 23.6 Å². The van der Waals surface area contributed by atoms with E-state index in [1.165, 1.54) is 39.9 Å². The largest absolute Gasteiger partial charge is 0.501 e. The van der Waals surface area contributed by atoms with E-state index < -0.39 is 82.3 Å². The second-order valence-corrected chi connectivity index (χ2v) is 38.3. The molecule has 4 aliphatic heterocycles. The summed E-state index contributed by atoms with van der Waals surface area (Å²) in [5.74, 6) is -1.53. The normalized spacial score (nSPS) is 20.0. The highest BCUT2D eigenvalue weighted by molar-refractivity contribution is 7.99. The minimum atomic E-state index is -6.11. The van der Waals surface area contributed by atoms with Crippen molar-refractivity contribution in [2.45, 2.75) is 175 Å². The number of sulfonamides is 1. The molecule has 0 spiro atoms. The number of aromatic nitrogens is 1. The number of unbranched alkanes of at least 4 members (excludes halogenated alkanes) is 5. The standard InChI is InChI=1S/C84H109ClF3N11O11S4/c1-58(60-20-22-62(23-21-60)77-59(2)89-57-112-77)90-80(104)73-50-68(100)54-99(73)81(105)78(82(3,4)5)92-75(101)18-14-9-7-8-10-15-19-76(102)98-44-40-96(41-45-98)56-83(6)36-34-71(61-24-28-65(85)29-25-61)64(52-83)53-95-38-42-97(43-39-95)67-30-26-63(27-31-67)79(103)93-114(108,109)70-32-33-72(74(51-70)113(106,107)84(86,87)88)91-66(35-37-94-46-48-110-49-47-94)55-111-69-16-12-11-13-17-69/h11-13,16-17,20-33,51,57-58,66,68,73,78,91,100H,7-10,14-15,18-19,34-50,52-56H2,1-6H3,(H,90,104)(H,92,101)(H,93,103)/t58-,66+,68+,73-,78+,83?/m0/s1. The molecule has 0 saturated carbocycles. The van der Waals surface area contributed by atoms with Crippen molar-refractivity contribution in [3.63, 3.8) is 0 Å². The molecule has 618 valence electrons. The van der Waals surface area contributed by atoms with E-state index in [0.29, 0.717) is 95.1 Å². The fourth-order valence-corrected chi connectivity index (χ4v) is 19.9. The van der Waals surface area contributed by atoms with Gasteiger partial charge in [-0.3, -0.25) is 38.7 Å². The molecule has 5 amide bonds. The summed E-state index contributed by atoms with van der Waals surface area (Å²) in [5, 5.41) is 20.5.